The number of aromatic amines is 1. The van der Waals surface area contributed by atoms with Gasteiger partial charge in [-0.25, -0.2) is 14.6 Å². The van der Waals surface area contributed by atoms with Gasteiger partial charge in [-0.15, -0.1) is 0 Å². The molecule has 0 aliphatic rings. The van der Waals surface area contributed by atoms with Gasteiger partial charge in [-0.05, 0) is 31.5 Å². The van der Waals surface area contributed by atoms with Gasteiger partial charge in [-0.2, -0.15) is 27.8 Å². The predicted octanol–water partition coefficient (Wildman–Crippen LogP) is 1.52. The van der Waals surface area contributed by atoms with E-state index in [1.54, 1.807) is 19.9 Å². The number of hydrogen-bond acceptors (Lipinski definition) is 11. The largest absolute Gasteiger partial charge is 0.481 e. The smallest absolute Gasteiger partial charge is 0.344 e. The lowest BCUT2D eigenvalue weighted by Gasteiger charge is -2.21. The van der Waals surface area contributed by atoms with Crippen LogP contribution in [0.25, 0.3) is 0 Å². The van der Waals surface area contributed by atoms with Crippen LogP contribution in [0.3, 0.4) is 0 Å². The van der Waals surface area contributed by atoms with Gasteiger partial charge in [0.15, 0.2) is 10.8 Å². The quantitative estimate of drug-likeness (QED) is 0.436. The number of sulfonamides is 1. The van der Waals surface area contributed by atoms with Crippen LogP contribution in [-0.2, 0) is 14.8 Å². The van der Waals surface area contributed by atoms with E-state index in [-0.39, 0.29) is 35.7 Å². The van der Waals surface area contributed by atoms with E-state index in [0.717, 1.165) is 6.20 Å². The number of pyridine rings is 1. The molecular formula is C19H21N7O7S. The van der Waals surface area contributed by atoms with Crippen LogP contribution in [-0.4, -0.2) is 66.4 Å². The number of esters is 1. The van der Waals surface area contributed by atoms with E-state index >= 15 is 0 Å². The number of nitrogens with one attached hydrogen (secondary N) is 2. The SMILES string of the molecule is CCOC(=O)c1cn[nH]c1S(=O)(=O)N(C(=O)Nc1nc(OC)cc(OC)n1)c1cc(C)ccn1. The number of amides is 2. The molecule has 180 valence electrons. The zero-order valence-electron chi connectivity index (χ0n) is 18.6. The van der Waals surface area contributed by atoms with Crippen LogP contribution in [0, 0.1) is 6.92 Å². The maximum absolute atomic E-state index is 13.6. The summed E-state index contributed by atoms with van der Waals surface area (Å²) in [6, 6.07) is 3.15. The van der Waals surface area contributed by atoms with Crippen molar-refractivity contribution in [3.8, 4) is 11.8 Å². The second kappa shape index (κ2) is 10.1. The standard InChI is InChI=1S/C19H21N7O7S/c1-5-33-17(27)12-10-21-25-16(12)34(29,30)26(13-8-11(2)6-7-20-13)19(28)24-18-22-14(31-3)9-15(23-18)32-4/h6-10H,5H2,1-4H3,(H,21,25)(H,22,23,24,28). The Labute approximate surface area is 194 Å². The number of urea groups is 1. The summed E-state index contributed by atoms with van der Waals surface area (Å²) in [5.41, 5.74) is 0.235. The van der Waals surface area contributed by atoms with Gasteiger partial charge < -0.3 is 14.2 Å². The van der Waals surface area contributed by atoms with Gasteiger partial charge in [0.25, 0.3) is 10.0 Å². The average molecular weight is 491 g/mol. The second-order valence-electron chi connectivity index (χ2n) is 6.50. The summed E-state index contributed by atoms with van der Waals surface area (Å²) in [6.07, 6.45) is 2.31. The molecular weight excluding hydrogens is 470 g/mol. The monoisotopic (exact) mass is 491 g/mol. The van der Waals surface area contributed by atoms with Crippen molar-refractivity contribution in [1.82, 2.24) is 25.1 Å². The summed E-state index contributed by atoms with van der Waals surface area (Å²) in [7, 11) is -2.06. The minimum atomic E-state index is -4.75. The molecule has 0 saturated heterocycles. The van der Waals surface area contributed by atoms with Crippen molar-refractivity contribution >= 4 is 33.8 Å². The van der Waals surface area contributed by atoms with E-state index in [2.05, 4.69) is 30.5 Å². The first-order valence-electron chi connectivity index (χ1n) is 9.67. The lowest BCUT2D eigenvalue weighted by Crippen LogP contribution is -2.41. The van der Waals surface area contributed by atoms with E-state index in [4.69, 9.17) is 14.2 Å². The maximum Gasteiger partial charge on any atom is 0.344 e. The molecule has 0 spiro atoms. The third kappa shape index (κ3) is 5.03. The van der Waals surface area contributed by atoms with Crippen LogP contribution < -0.4 is 19.1 Å². The molecule has 34 heavy (non-hydrogen) atoms. The van der Waals surface area contributed by atoms with Crippen molar-refractivity contribution in [3.05, 3.63) is 41.7 Å². The molecule has 0 aliphatic heterocycles. The molecule has 0 fully saturated rings. The summed E-state index contributed by atoms with van der Waals surface area (Å²) in [6.45, 7) is 3.25. The third-order valence-corrected chi connectivity index (χ3v) is 5.87. The van der Waals surface area contributed by atoms with E-state index < -0.39 is 27.0 Å². The van der Waals surface area contributed by atoms with E-state index in [1.165, 1.54) is 32.5 Å². The molecule has 0 aliphatic carbocycles. The van der Waals surface area contributed by atoms with Crippen molar-refractivity contribution in [2.24, 2.45) is 0 Å². The highest BCUT2D eigenvalue weighted by molar-refractivity contribution is 7.93. The fraction of sp³-hybridized carbons (Fsp3) is 0.263. The normalized spacial score (nSPS) is 10.9. The van der Waals surface area contributed by atoms with Gasteiger partial charge in [0, 0.05) is 6.20 Å². The van der Waals surface area contributed by atoms with Crippen LogP contribution in [0.2, 0.25) is 0 Å². The topological polar surface area (TPSA) is 179 Å². The Morgan fingerprint density at radius 3 is 2.41 bits per heavy atom. The molecule has 14 nitrogen and oxygen atoms in total. The van der Waals surface area contributed by atoms with E-state index in [9.17, 15) is 18.0 Å². The zero-order chi connectivity index (χ0) is 24.9. The van der Waals surface area contributed by atoms with Gasteiger partial charge >= 0.3 is 12.0 Å². The van der Waals surface area contributed by atoms with Gasteiger partial charge in [-0.3, -0.25) is 10.4 Å². The number of hydrogen-bond donors (Lipinski definition) is 2. The van der Waals surface area contributed by atoms with Crippen LogP contribution in [0.1, 0.15) is 22.8 Å². The molecule has 0 atom stereocenters. The predicted molar refractivity (Wildman–Crippen MR) is 117 cm³/mol. The molecule has 0 bridgehead atoms. The molecule has 0 saturated carbocycles. The molecule has 3 rings (SSSR count). The molecule has 3 heterocycles. The Morgan fingerprint density at radius 1 is 1.15 bits per heavy atom. The molecule has 0 aromatic carbocycles. The van der Waals surface area contributed by atoms with Crippen molar-refractivity contribution in [3.63, 3.8) is 0 Å². The second-order valence-corrected chi connectivity index (χ2v) is 8.22. The number of H-pyrrole nitrogens is 1. The van der Waals surface area contributed by atoms with Crippen molar-refractivity contribution in [1.29, 1.82) is 0 Å². The summed E-state index contributed by atoms with van der Waals surface area (Å²) in [5, 5.41) is 7.51. The molecule has 2 N–H and O–H groups in total. The number of carbonyl (C=O) groups excluding carboxylic acids is 2. The van der Waals surface area contributed by atoms with E-state index in [0.29, 0.717) is 9.87 Å². The van der Waals surface area contributed by atoms with Crippen LogP contribution >= 0.6 is 0 Å². The highest BCUT2D eigenvalue weighted by Gasteiger charge is 2.37. The molecule has 2 amide bonds. The number of anilines is 2. The first kappa shape index (κ1) is 24.4. The lowest BCUT2D eigenvalue weighted by atomic mass is 10.3. The number of aryl methyl sites for hydroxylation is 1. The number of rotatable bonds is 8. The average Bonchev–Trinajstić information content (AvgIpc) is 3.30. The van der Waals surface area contributed by atoms with Crippen molar-refractivity contribution < 1.29 is 32.2 Å². The van der Waals surface area contributed by atoms with E-state index in [1.807, 2.05) is 0 Å². The fourth-order valence-corrected chi connectivity index (χ4v) is 4.07. The highest BCUT2D eigenvalue weighted by Crippen LogP contribution is 2.26. The van der Waals surface area contributed by atoms with Gasteiger partial charge in [0.2, 0.25) is 17.7 Å². The number of nitrogens with zero attached hydrogens (tertiary/aromatic N) is 5. The molecule has 15 heteroatoms. The maximum atomic E-state index is 13.6. The molecule has 3 aromatic heterocycles. The third-order valence-electron chi connectivity index (χ3n) is 4.21. The highest BCUT2D eigenvalue weighted by atomic mass is 32.2. The number of methoxy groups -OCH3 is 2. The molecule has 3 aromatic rings. The van der Waals surface area contributed by atoms with Gasteiger partial charge in [0.1, 0.15) is 5.56 Å². The minimum absolute atomic E-state index is 0.00213. The van der Waals surface area contributed by atoms with Crippen molar-refractivity contribution in [2.45, 2.75) is 18.9 Å². The fourth-order valence-electron chi connectivity index (χ4n) is 2.70. The van der Waals surface area contributed by atoms with Crippen LogP contribution in [0.4, 0.5) is 16.6 Å². The van der Waals surface area contributed by atoms with Gasteiger partial charge in [0.05, 0.1) is 33.1 Å². The number of aromatic nitrogens is 5. The first-order chi connectivity index (χ1) is 16.2. The summed E-state index contributed by atoms with van der Waals surface area (Å²) < 4.78 is 42.5. The Morgan fingerprint density at radius 2 is 1.82 bits per heavy atom. The van der Waals surface area contributed by atoms with Crippen LogP contribution in [0.5, 0.6) is 11.8 Å². The molecule has 0 radical (unpaired) electrons. The zero-order valence-corrected chi connectivity index (χ0v) is 19.4. The van der Waals surface area contributed by atoms with Gasteiger partial charge in [-0.1, -0.05) is 0 Å². The Balaban J connectivity index is 2.10. The Bertz CT molecular complexity index is 1290. The summed E-state index contributed by atoms with van der Waals surface area (Å²) in [5.74, 6) is -1.37. The lowest BCUT2D eigenvalue weighted by molar-refractivity contribution is 0.0521. The number of carbonyl (C=O) groups is 2. The summed E-state index contributed by atoms with van der Waals surface area (Å²) >= 11 is 0. The minimum Gasteiger partial charge on any atom is -0.481 e. The molecule has 0 unspecified atom stereocenters. The van der Waals surface area contributed by atoms with Crippen LogP contribution in [0.15, 0.2) is 35.6 Å². The number of ether oxygens (including phenoxy) is 3. The summed E-state index contributed by atoms with van der Waals surface area (Å²) in [4.78, 5) is 37.5. The first-order valence-corrected chi connectivity index (χ1v) is 11.1. The Hall–Kier alpha value is -4.27. The van der Waals surface area contributed by atoms with Crippen molar-refractivity contribution in [2.75, 3.05) is 30.4 Å². The Kier molecular flexibility index (Phi) is 7.25.